The molecule has 1 heterocycles. The number of nitrogens with zero attached hydrogens (tertiary/aromatic N) is 2. The van der Waals surface area contributed by atoms with Gasteiger partial charge in [0.25, 0.3) is 0 Å². The third-order valence-electron chi connectivity index (χ3n) is 4.79. The van der Waals surface area contributed by atoms with Crippen LogP contribution in [0.15, 0.2) is 18.2 Å². The Morgan fingerprint density at radius 1 is 1.25 bits per heavy atom. The van der Waals surface area contributed by atoms with Gasteiger partial charge in [-0.05, 0) is 42.0 Å². The maximum absolute atomic E-state index is 12.3. The molecule has 0 aliphatic carbocycles. The minimum absolute atomic E-state index is 0.00108. The topological polar surface area (TPSA) is 61.9 Å². The average Bonchev–Trinajstić information content (AvgIpc) is 3.05. The van der Waals surface area contributed by atoms with Crippen molar-refractivity contribution >= 4 is 23.2 Å². The van der Waals surface area contributed by atoms with Crippen LogP contribution in [0.4, 0.5) is 11.4 Å². The van der Waals surface area contributed by atoms with E-state index in [1.807, 2.05) is 62.9 Å². The molecule has 1 aliphatic rings. The number of amides is 2. The van der Waals surface area contributed by atoms with Crippen molar-refractivity contribution in [1.82, 2.24) is 4.90 Å². The van der Waals surface area contributed by atoms with E-state index in [0.717, 1.165) is 36.4 Å². The molecule has 0 saturated carbocycles. The van der Waals surface area contributed by atoms with Crippen molar-refractivity contribution in [1.29, 1.82) is 0 Å². The summed E-state index contributed by atoms with van der Waals surface area (Å²) in [4.78, 5) is 28.4. The molecule has 2 rings (SSSR count). The van der Waals surface area contributed by atoms with Gasteiger partial charge in [0, 0.05) is 58.5 Å². The molecular weight excluding hydrogens is 354 g/mol. The standard InChI is InChI=1S/C22H35N3O3/c1-16(26)25(15-19-8-7-11-28-19)14-17-12-18(9-10-20(17)24(5)6)23-21(27)13-22(2,3)4/h9-10,12,19H,7-8,11,13-15H2,1-6H3,(H,23,27)/t19-/m0/s1. The van der Waals surface area contributed by atoms with Gasteiger partial charge < -0.3 is 19.9 Å². The SMILES string of the molecule is CC(=O)N(Cc1cc(NC(=O)CC(C)(C)C)ccc1N(C)C)C[C@@H]1CCCO1. The van der Waals surface area contributed by atoms with Crippen molar-refractivity contribution in [2.45, 2.75) is 59.6 Å². The predicted molar refractivity (Wildman–Crippen MR) is 114 cm³/mol. The van der Waals surface area contributed by atoms with Crippen LogP contribution in [-0.4, -0.2) is 50.1 Å². The lowest BCUT2D eigenvalue weighted by Gasteiger charge is -2.27. The van der Waals surface area contributed by atoms with Crippen LogP contribution in [0.3, 0.4) is 0 Å². The van der Waals surface area contributed by atoms with Crippen molar-refractivity contribution < 1.29 is 14.3 Å². The highest BCUT2D eigenvalue weighted by Gasteiger charge is 2.22. The number of rotatable bonds is 7. The Hall–Kier alpha value is -2.08. The number of hydrogen-bond donors (Lipinski definition) is 1. The van der Waals surface area contributed by atoms with Gasteiger partial charge in [-0.1, -0.05) is 20.8 Å². The summed E-state index contributed by atoms with van der Waals surface area (Å²) in [7, 11) is 3.96. The first-order chi connectivity index (χ1) is 13.0. The Bertz CT molecular complexity index is 689. The lowest BCUT2D eigenvalue weighted by atomic mass is 9.92. The molecule has 1 N–H and O–H groups in total. The Morgan fingerprint density at radius 3 is 2.50 bits per heavy atom. The molecule has 1 aliphatic heterocycles. The maximum Gasteiger partial charge on any atom is 0.224 e. The van der Waals surface area contributed by atoms with E-state index in [4.69, 9.17) is 4.74 Å². The highest BCUT2D eigenvalue weighted by Crippen LogP contribution is 2.26. The fourth-order valence-corrected chi connectivity index (χ4v) is 3.46. The number of benzene rings is 1. The van der Waals surface area contributed by atoms with Gasteiger partial charge in [0.1, 0.15) is 0 Å². The zero-order chi connectivity index (χ0) is 20.9. The normalized spacial score (nSPS) is 16.7. The average molecular weight is 390 g/mol. The van der Waals surface area contributed by atoms with Gasteiger partial charge in [-0.25, -0.2) is 0 Å². The largest absolute Gasteiger partial charge is 0.377 e. The minimum Gasteiger partial charge on any atom is -0.377 e. The maximum atomic E-state index is 12.3. The third kappa shape index (κ3) is 6.82. The quantitative estimate of drug-likeness (QED) is 0.773. The van der Waals surface area contributed by atoms with Crippen LogP contribution in [0.25, 0.3) is 0 Å². The van der Waals surface area contributed by atoms with Crippen molar-refractivity contribution in [3.05, 3.63) is 23.8 Å². The van der Waals surface area contributed by atoms with Crippen LogP contribution in [0.5, 0.6) is 0 Å². The zero-order valence-electron chi connectivity index (χ0n) is 18.2. The van der Waals surface area contributed by atoms with Crippen LogP contribution in [0, 0.1) is 5.41 Å². The van der Waals surface area contributed by atoms with Crippen molar-refractivity contribution in [3.8, 4) is 0 Å². The van der Waals surface area contributed by atoms with E-state index in [0.29, 0.717) is 19.5 Å². The van der Waals surface area contributed by atoms with Crippen LogP contribution in [-0.2, 0) is 20.9 Å². The molecule has 6 nitrogen and oxygen atoms in total. The third-order valence-corrected chi connectivity index (χ3v) is 4.79. The molecule has 1 atom stereocenters. The van der Waals surface area contributed by atoms with Gasteiger partial charge in [-0.15, -0.1) is 0 Å². The molecule has 28 heavy (non-hydrogen) atoms. The van der Waals surface area contributed by atoms with Gasteiger partial charge in [-0.2, -0.15) is 0 Å². The molecule has 2 amide bonds. The number of nitrogens with one attached hydrogen (secondary N) is 1. The second-order valence-electron chi connectivity index (χ2n) is 9.06. The first-order valence-corrected chi connectivity index (χ1v) is 10.0. The smallest absolute Gasteiger partial charge is 0.224 e. The van der Waals surface area contributed by atoms with E-state index in [9.17, 15) is 9.59 Å². The molecule has 0 unspecified atom stereocenters. The number of anilines is 2. The van der Waals surface area contributed by atoms with E-state index >= 15 is 0 Å². The molecule has 1 fully saturated rings. The summed E-state index contributed by atoms with van der Waals surface area (Å²) >= 11 is 0. The van der Waals surface area contributed by atoms with Gasteiger partial charge in [-0.3, -0.25) is 9.59 Å². The van der Waals surface area contributed by atoms with Crippen molar-refractivity contribution in [2.24, 2.45) is 5.41 Å². The number of hydrogen-bond acceptors (Lipinski definition) is 4. The first-order valence-electron chi connectivity index (χ1n) is 10.0. The lowest BCUT2D eigenvalue weighted by Crippen LogP contribution is -2.35. The van der Waals surface area contributed by atoms with Crippen molar-refractivity contribution in [2.75, 3.05) is 37.5 Å². The van der Waals surface area contributed by atoms with Gasteiger partial charge in [0.15, 0.2) is 0 Å². The summed E-state index contributed by atoms with van der Waals surface area (Å²) < 4.78 is 5.71. The minimum atomic E-state index is -0.0663. The van der Waals surface area contributed by atoms with Gasteiger partial charge in [0.2, 0.25) is 11.8 Å². The lowest BCUT2D eigenvalue weighted by molar-refractivity contribution is -0.131. The molecule has 0 bridgehead atoms. The molecule has 1 aromatic carbocycles. The second-order valence-corrected chi connectivity index (χ2v) is 9.06. The monoisotopic (exact) mass is 389 g/mol. The molecule has 1 aromatic rings. The van der Waals surface area contributed by atoms with E-state index in [2.05, 4.69) is 5.32 Å². The summed E-state index contributed by atoms with van der Waals surface area (Å²) in [6, 6.07) is 5.88. The molecular formula is C22H35N3O3. The molecule has 1 saturated heterocycles. The summed E-state index contributed by atoms with van der Waals surface area (Å²) in [5, 5.41) is 3.00. The summed E-state index contributed by atoms with van der Waals surface area (Å²) in [6.45, 7) is 9.59. The Labute approximate surface area is 169 Å². The Morgan fingerprint density at radius 2 is 1.96 bits per heavy atom. The molecule has 0 radical (unpaired) electrons. The molecule has 156 valence electrons. The second kappa shape index (κ2) is 9.41. The van der Waals surface area contributed by atoms with E-state index in [-0.39, 0.29) is 23.3 Å². The number of carbonyl (C=O) groups is 2. The van der Waals surface area contributed by atoms with E-state index < -0.39 is 0 Å². The van der Waals surface area contributed by atoms with Crippen molar-refractivity contribution in [3.63, 3.8) is 0 Å². The zero-order valence-corrected chi connectivity index (χ0v) is 18.2. The Kier molecular flexibility index (Phi) is 7.47. The Balaban J connectivity index is 2.19. The van der Waals surface area contributed by atoms with Gasteiger partial charge in [0.05, 0.1) is 6.10 Å². The summed E-state index contributed by atoms with van der Waals surface area (Å²) in [5.41, 5.74) is 2.73. The summed E-state index contributed by atoms with van der Waals surface area (Å²) in [5.74, 6) is 0.0289. The van der Waals surface area contributed by atoms with Crippen LogP contribution >= 0.6 is 0 Å². The fourth-order valence-electron chi connectivity index (χ4n) is 3.46. The number of ether oxygens (including phenoxy) is 1. The van der Waals surface area contributed by atoms with Crippen LogP contribution < -0.4 is 10.2 Å². The number of carbonyl (C=O) groups excluding carboxylic acids is 2. The predicted octanol–water partition coefficient (Wildman–Crippen LogP) is 3.65. The fraction of sp³-hybridized carbons (Fsp3) is 0.636. The first kappa shape index (κ1) is 22.2. The van der Waals surface area contributed by atoms with Gasteiger partial charge >= 0.3 is 0 Å². The van der Waals surface area contributed by atoms with E-state index in [1.165, 1.54) is 0 Å². The molecule has 0 spiro atoms. The molecule has 0 aromatic heterocycles. The molecule has 6 heteroatoms. The highest BCUT2D eigenvalue weighted by atomic mass is 16.5. The summed E-state index contributed by atoms with van der Waals surface area (Å²) in [6.07, 6.45) is 2.61. The van der Waals surface area contributed by atoms with Crippen LogP contribution in [0.2, 0.25) is 0 Å². The van der Waals surface area contributed by atoms with Crippen LogP contribution in [0.1, 0.15) is 52.5 Å². The van der Waals surface area contributed by atoms with E-state index in [1.54, 1.807) is 6.92 Å². The highest BCUT2D eigenvalue weighted by molar-refractivity contribution is 5.91.